The smallest absolute Gasteiger partial charge is 0.210 e. The minimum atomic E-state index is -0.261. The second-order valence-electron chi connectivity index (χ2n) is 2.74. The normalized spacial score (nSPS) is 11.1. The molecule has 1 aromatic carbocycles. The summed E-state index contributed by atoms with van der Waals surface area (Å²) >= 11 is 0. The number of aromatic hydroxyl groups is 1. The Bertz CT molecular complexity index is 371. The molecule has 0 bridgehead atoms. The average molecular weight is 193 g/mol. The van der Waals surface area contributed by atoms with E-state index in [1.807, 2.05) is 0 Å². The Morgan fingerprint density at radius 1 is 1.50 bits per heavy atom. The van der Waals surface area contributed by atoms with Gasteiger partial charge in [-0.1, -0.05) is 17.3 Å². The monoisotopic (exact) mass is 193 g/mol. The number of hydrogen-bond acceptors (Lipinski definition) is 4. The fraction of sp³-hybridized carbons (Fsp3) is 0.200. The van der Waals surface area contributed by atoms with E-state index >= 15 is 0 Å². The number of hydrogen-bond donors (Lipinski definition) is 1. The van der Waals surface area contributed by atoms with Crippen LogP contribution in [0.1, 0.15) is 17.3 Å². The molecule has 0 heterocycles. The highest BCUT2D eigenvalue weighted by atomic mass is 16.6. The van der Waals surface area contributed by atoms with Gasteiger partial charge in [-0.15, -0.1) is 0 Å². The van der Waals surface area contributed by atoms with Crippen molar-refractivity contribution in [3.63, 3.8) is 0 Å². The van der Waals surface area contributed by atoms with E-state index in [0.717, 1.165) is 0 Å². The SMILES string of the molecule is CON=C(C)C(=O)c1cccc(O)c1. The lowest BCUT2D eigenvalue weighted by Crippen LogP contribution is -2.10. The average Bonchev–Trinajstić information content (AvgIpc) is 2.17. The molecule has 0 aliphatic rings. The lowest BCUT2D eigenvalue weighted by Gasteiger charge is -1.99. The van der Waals surface area contributed by atoms with Gasteiger partial charge >= 0.3 is 0 Å². The van der Waals surface area contributed by atoms with Gasteiger partial charge in [-0.2, -0.15) is 0 Å². The molecule has 1 N–H and O–H groups in total. The van der Waals surface area contributed by atoms with Gasteiger partial charge in [0.1, 0.15) is 18.6 Å². The summed E-state index contributed by atoms with van der Waals surface area (Å²) < 4.78 is 0. The highest BCUT2D eigenvalue weighted by molar-refractivity contribution is 6.45. The summed E-state index contributed by atoms with van der Waals surface area (Å²) in [6.07, 6.45) is 0. The standard InChI is InChI=1S/C10H11NO3/c1-7(11-14-2)10(13)8-4-3-5-9(12)6-8/h3-6,12H,1-2H3. The van der Waals surface area contributed by atoms with Gasteiger partial charge in [0.15, 0.2) is 0 Å². The molecule has 1 rings (SSSR count). The zero-order valence-electron chi connectivity index (χ0n) is 8.02. The zero-order chi connectivity index (χ0) is 10.6. The van der Waals surface area contributed by atoms with E-state index in [-0.39, 0.29) is 17.2 Å². The highest BCUT2D eigenvalue weighted by Gasteiger charge is 2.10. The summed E-state index contributed by atoms with van der Waals surface area (Å²) in [5.74, 6) is -0.205. The van der Waals surface area contributed by atoms with Crippen LogP contribution in [0.3, 0.4) is 0 Å². The van der Waals surface area contributed by atoms with E-state index in [0.29, 0.717) is 5.56 Å². The predicted molar refractivity (Wildman–Crippen MR) is 52.6 cm³/mol. The first-order chi connectivity index (χ1) is 6.65. The molecule has 0 amide bonds. The van der Waals surface area contributed by atoms with Gasteiger partial charge in [-0.25, -0.2) is 0 Å². The highest BCUT2D eigenvalue weighted by Crippen LogP contribution is 2.11. The summed E-state index contributed by atoms with van der Waals surface area (Å²) in [4.78, 5) is 16.0. The molecule has 0 aromatic heterocycles. The molecule has 0 aliphatic heterocycles. The van der Waals surface area contributed by atoms with Gasteiger partial charge in [-0.05, 0) is 19.1 Å². The van der Waals surface area contributed by atoms with Crippen LogP contribution in [0.15, 0.2) is 29.4 Å². The van der Waals surface area contributed by atoms with Crippen LogP contribution in [-0.4, -0.2) is 23.7 Å². The topological polar surface area (TPSA) is 58.9 Å². The van der Waals surface area contributed by atoms with Crippen molar-refractivity contribution in [1.29, 1.82) is 0 Å². The first-order valence-electron chi connectivity index (χ1n) is 4.06. The first kappa shape index (κ1) is 10.2. The quantitative estimate of drug-likeness (QED) is 0.450. The van der Waals surface area contributed by atoms with Crippen LogP contribution in [-0.2, 0) is 4.84 Å². The Labute approximate surface area is 81.8 Å². The number of phenolic OH excluding ortho intramolecular Hbond substituents is 1. The van der Waals surface area contributed by atoms with Crippen LogP contribution in [0.25, 0.3) is 0 Å². The Morgan fingerprint density at radius 3 is 2.79 bits per heavy atom. The molecular formula is C10H11NO3. The molecule has 0 unspecified atom stereocenters. The molecule has 0 spiro atoms. The van der Waals surface area contributed by atoms with Gasteiger partial charge in [0.25, 0.3) is 0 Å². The summed E-state index contributed by atoms with van der Waals surface area (Å²) in [5.41, 5.74) is 0.640. The Balaban J connectivity index is 2.95. The van der Waals surface area contributed by atoms with Gasteiger partial charge in [0.05, 0.1) is 0 Å². The molecule has 4 heteroatoms. The number of Topliss-reactive ketones (excluding diaryl/α,β-unsaturated/α-hetero) is 1. The summed E-state index contributed by atoms with van der Waals surface area (Å²) in [7, 11) is 1.37. The van der Waals surface area contributed by atoms with Crippen molar-refractivity contribution < 1.29 is 14.7 Å². The lowest BCUT2D eigenvalue weighted by atomic mass is 10.1. The number of carbonyl (C=O) groups excluding carboxylic acids is 1. The van der Waals surface area contributed by atoms with E-state index < -0.39 is 0 Å². The Kier molecular flexibility index (Phi) is 3.23. The van der Waals surface area contributed by atoms with E-state index in [1.165, 1.54) is 19.2 Å². The van der Waals surface area contributed by atoms with E-state index in [1.54, 1.807) is 19.1 Å². The van der Waals surface area contributed by atoms with E-state index in [2.05, 4.69) is 9.99 Å². The summed E-state index contributed by atoms with van der Waals surface area (Å²) in [6, 6.07) is 6.09. The first-order valence-corrected chi connectivity index (χ1v) is 4.06. The minimum absolute atomic E-state index is 0.0565. The number of carbonyl (C=O) groups is 1. The third-order valence-electron chi connectivity index (χ3n) is 1.67. The maximum atomic E-state index is 11.6. The molecule has 0 saturated heterocycles. The Morgan fingerprint density at radius 2 is 2.21 bits per heavy atom. The van der Waals surface area contributed by atoms with E-state index in [4.69, 9.17) is 5.11 Å². The molecule has 0 atom stereocenters. The molecule has 0 aliphatic carbocycles. The van der Waals surface area contributed by atoms with Crippen molar-refractivity contribution >= 4 is 11.5 Å². The van der Waals surface area contributed by atoms with Crippen LogP contribution in [0, 0.1) is 0 Å². The summed E-state index contributed by atoms with van der Waals surface area (Å²) in [5, 5.41) is 12.7. The van der Waals surface area contributed by atoms with Crippen LogP contribution in [0.4, 0.5) is 0 Å². The molecule has 0 saturated carbocycles. The van der Waals surface area contributed by atoms with Gasteiger partial charge in [-0.3, -0.25) is 4.79 Å². The third-order valence-corrected chi connectivity index (χ3v) is 1.67. The molecule has 4 nitrogen and oxygen atoms in total. The second kappa shape index (κ2) is 4.41. The van der Waals surface area contributed by atoms with Crippen molar-refractivity contribution in [3.05, 3.63) is 29.8 Å². The summed E-state index contributed by atoms with van der Waals surface area (Å²) in [6.45, 7) is 1.55. The predicted octanol–water partition coefficient (Wildman–Crippen LogP) is 1.60. The van der Waals surface area contributed by atoms with Crippen LogP contribution < -0.4 is 0 Å². The van der Waals surface area contributed by atoms with Crippen molar-refractivity contribution in [2.75, 3.05) is 7.11 Å². The Hall–Kier alpha value is -1.84. The zero-order valence-corrected chi connectivity index (χ0v) is 8.02. The number of nitrogens with zero attached hydrogens (tertiary/aromatic N) is 1. The third kappa shape index (κ3) is 2.32. The van der Waals surface area contributed by atoms with Gasteiger partial charge < -0.3 is 9.94 Å². The van der Waals surface area contributed by atoms with Crippen LogP contribution in [0.5, 0.6) is 5.75 Å². The molecule has 0 radical (unpaired) electrons. The molecule has 74 valence electrons. The van der Waals surface area contributed by atoms with Crippen molar-refractivity contribution in [2.24, 2.45) is 5.16 Å². The maximum Gasteiger partial charge on any atom is 0.210 e. The molecule has 0 fully saturated rings. The largest absolute Gasteiger partial charge is 0.508 e. The molecule has 1 aromatic rings. The number of benzene rings is 1. The molecular weight excluding hydrogens is 182 g/mol. The minimum Gasteiger partial charge on any atom is -0.508 e. The fourth-order valence-corrected chi connectivity index (χ4v) is 1.03. The maximum absolute atomic E-state index is 11.6. The van der Waals surface area contributed by atoms with E-state index in [9.17, 15) is 4.79 Å². The van der Waals surface area contributed by atoms with Gasteiger partial charge in [0.2, 0.25) is 5.78 Å². The number of rotatable bonds is 3. The number of oxime groups is 1. The van der Waals surface area contributed by atoms with Crippen molar-refractivity contribution in [3.8, 4) is 5.75 Å². The fourth-order valence-electron chi connectivity index (χ4n) is 1.03. The van der Waals surface area contributed by atoms with Gasteiger partial charge in [0, 0.05) is 5.56 Å². The lowest BCUT2D eigenvalue weighted by molar-refractivity contribution is 0.105. The van der Waals surface area contributed by atoms with Crippen molar-refractivity contribution in [1.82, 2.24) is 0 Å². The number of phenols is 1. The van der Waals surface area contributed by atoms with Crippen LogP contribution in [0.2, 0.25) is 0 Å². The second-order valence-corrected chi connectivity index (χ2v) is 2.74. The van der Waals surface area contributed by atoms with Crippen molar-refractivity contribution in [2.45, 2.75) is 6.92 Å². The van der Waals surface area contributed by atoms with Crippen LogP contribution >= 0.6 is 0 Å². The number of ketones is 1. The molecule has 14 heavy (non-hydrogen) atoms.